The molecule has 1 atom stereocenters. The van der Waals surface area contributed by atoms with E-state index in [0.717, 1.165) is 95.9 Å². The van der Waals surface area contributed by atoms with E-state index in [1.54, 1.807) is 0 Å². The Balaban J connectivity index is 0.710. The predicted molar refractivity (Wildman–Crippen MR) is 452 cm³/mol. The molecule has 528 valence electrons. The molecule has 11 heteroatoms. The van der Waals surface area contributed by atoms with E-state index in [-0.39, 0.29) is 11.3 Å². The highest BCUT2D eigenvalue weighted by Crippen LogP contribution is 2.56. The average Bonchev–Trinajstić information content (AvgIpc) is 1.36. The molecular formula is C100H73N11. The zero-order valence-corrected chi connectivity index (χ0v) is 62.2. The van der Waals surface area contributed by atoms with Gasteiger partial charge in [-0.3, -0.25) is 9.80 Å². The zero-order valence-electron chi connectivity index (χ0n) is 62.2. The number of anilines is 6. The molecule has 1 aliphatic carbocycles. The molecule has 0 spiro atoms. The summed E-state index contributed by atoms with van der Waals surface area (Å²) < 4.78 is 7.24. The Morgan fingerprint density at radius 2 is 0.559 bits per heavy atom. The van der Waals surface area contributed by atoms with E-state index in [1.807, 2.05) is 30.7 Å². The Kier molecular flexibility index (Phi) is 13.9. The smallest absolute Gasteiger partial charge is 0.161 e. The number of benzene rings is 13. The molecule has 0 bridgehead atoms. The van der Waals surface area contributed by atoms with Crippen LogP contribution in [0.2, 0.25) is 0 Å². The van der Waals surface area contributed by atoms with Crippen LogP contribution in [-0.2, 0) is 16.2 Å². The molecule has 1 unspecified atom stereocenters. The highest BCUT2D eigenvalue weighted by molar-refractivity contribution is 6.12. The first-order valence-corrected chi connectivity index (χ1v) is 38.3. The number of nitrogens with zero attached hydrogens (tertiary/aromatic N) is 11. The van der Waals surface area contributed by atoms with Gasteiger partial charge in [-0.25, -0.2) is 29.9 Å². The maximum absolute atomic E-state index is 5.75. The van der Waals surface area contributed by atoms with E-state index in [9.17, 15) is 0 Å². The van der Waals surface area contributed by atoms with Gasteiger partial charge >= 0.3 is 0 Å². The lowest BCUT2D eigenvalue weighted by atomic mass is 9.64. The fraction of sp³-hybridized carbons (Fsp3) is 0.100. The Hall–Kier alpha value is -13.9. The van der Waals surface area contributed by atoms with E-state index >= 15 is 0 Å². The van der Waals surface area contributed by atoms with Crippen molar-refractivity contribution in [2.45, 2.75) is 63.7 Å². The number of para-hydroxylation sites is 8. The topological polar surface area (TPSA) is 98.6 Å². The lowest BCUT2D eigenvalue weighted by Gasteiger charge is -2.41. The molecule has 6 aromatic heterocycles. The number of hydrogen-bond acceptors (Lipinski definition) is 8. The van der Waals surface area contributed by atoms with E-state index < -0.39 is 10.8 Å². The standard InChI is InChI=1S/C100H73N11/c1-98(2)75-32-14-7-31-73(75)94(74-46-43-64(58-78(74)98)107-82-35-17-8-25-67(82)68-26-9-18-36-83(68)107)81-49-52-101-95(104-81)61-55-62(96-102-53-50-92(105-96)110-88-41-23-15-33-76(88)99(3,4)79-59-65(44-47-90(79)110)108-84-37-19-10-27-69(84)70-28-11-20-38-85(70)108)57-63(56-61)97-103-54-51-93(106-97)111-89-42-24-16-34-77(89)100(5,6)80-60-66(45-48-91(80)111)109-86-39-21-12-29-71(86)72-30-13-22-40-87(72)109/h7-60,94H,1-6H3. The second-order valence-corrected chi connectivity index (χ2v) is 31.5. The Morgan fingerprint density at radius 1 is 0.252 bits per heavy atom. The SMILES string of the molecule is CC1(C)c2ccccc2C(c2ccnc(-c3cc(-c4nccc(N5c6ccccc6C(C)(C)c6cc(-n7c8ccccc8c8ccccc87)ccc65)n4)cc(-c4nccc(N5c6ccccc6C(C)(C)c6cc(-n7c8ccccc8c8ccccc87)ccc65)n4)c3)n2)c2ccc(-n3c4ccccc4c4ccccc43)cc21. The normalized spacial score (nSPS) is 15.0. The van der Waals surface area contributed by atoms with Crippen LogP contribution in [0.3, 0.4) is 0 Å². The highest BCUT2D eigenvalue weighted by atomic mass is 15.2. The first kappa shape index (κ1) is 64.3. The van der Waals surface area contributed by atoms with Gasteiger partial charge in [0.2, 0.25) is 0 Å². The molecule has 0 radical (unpaired) electrons. The van der Waals surface area contributed by atoms with Crippen molar-refractivity contribution in [3.8, 4) is 51.2 Å². The third kappa shape index (κ3) is 9.58. The van der Waals surface area contributed by atoms with Crippen LogP contribution < -0.4 is 9.80 Å². The lowest BCUT2D eigenvalue weighted by Crippen LogP contribution is -2.31. The largest absolute Gasteiger partial charge is 0.309 e. The second kappa shape index (κ2) is 24.1. The quantitative estimate of drug-likeness (QED) is 0.141. The molecule has 19 aromatic rings. The highest BCUT2D eigenvalue weighted by Gasteiger charge is 2.42. The van der Waals surface area contributed by atoms with Gasteiger partial charge in [0.15, 0.2) is 17.5 Å². The minimum Gasteiger partial charge on any atom is -0.309 e. The minimum absolute atomic E-state index is 0.225. The molecule has 0 fully saturated rings. The molecule has 22 rings (SSSR count). The second-order valence-electron chi connectivity index (χ2n) is 31.5. The summed E-state index contributed by atoms with van der Waals surface area (Å²) in [5, 5.41) is 7.35. The molecule has 111 heavy (non-hydrogen) atoms. The van der Waals surface area contributed by atoms with E-state index in [2.05, 4.69) is 362 Å². The Labute approximate surface area is 642 Å². The number of rotatable bonds is 9. The van der Waals surface area contributed by atoms with Crippen LogP contribution in [0.4, 0.5) is 34.4 Å². The first-order valence-electron chi connectivity index (χ1n) is 38.3. The van der Waals surface area contributed by atoms with Crippen molar-refractivity contribution in [3.05, 3.63) is 378 Å². The van der Waals surface area contributed by atoms with E-state index in [4.69, 9.17) is 29.9 Å². The number of hydrogen-bond donors (Lipinski definition) is 0. The monoisotopic (exact) mass is 1430 g/mol. The fourth-order valence-electron chi connectivity index (χ4n) is 19.1. The summed E-state index contributed by atoms with van der Waals surface area (Å²) in [6.07, 6.45) is 5.70. The molecule has 11 nitrogen and oxygen atoms in total. The molecule has 0 saturated heterocycles. The van der Waals surface area contributed by atoms with Crippen LogP contribution in [0.1, 0.15) is 97.7 Å². The molecule has 8 heterocycles. The van der Waals surface area contributed by atoms with Gasteiger partial charge < -0.3 is 13.7 Å². The number of aromatic nitrogens is 9. The van der Waals surface area contributed by atoms with Gasteiger partial charge in [-0.15, -0.1) is 0 Å². The van der Waals surface area contributed by atoms with Crippen molar-refractivity contribution in [1.82, 2.24) is 43.6 Å². The van der Waals surface area contributed by atoms with Gasteiger partial charge in [-0.05, 0) is 178 Å². The van der Waals surface area contributed by atoms with Gasteiger partial charge in [-0.2, -0.15) is 0 Å². The summed E-state index contributed by atoms with van der Waals surface area (Å²) in [7, 11) is 0. The summed E-state index contributed by atoms with van der Waals surface area (Å²) in [4.78, 5) is 37.4. The van der Waals surface area contributed by atoms with Crippen LogP contribution >= 0.6 is 0 Å². The third-order valence-corrected chi connectivity index (χ3v) is 24.3. The van der Waals surface area contributed by atoms with Crippen LogP contribution in [-0.4, -0.2) is 43.6 Å². The summed E-state index contributed by atoms with van der Waals surface area (Å²) in [6.45, 7) is 14.1. The summed E-state index contributed by atoms with van der Waals surface area (Å²) in [5.41, 5.74) is 26.2. The van der Waals surface area contributed by atoms with Crippen LogP contribution in [0.5, 0.6) is 0 Å². The third-order valence-electron chi connectivity index (χ3n) is 24.3. The van der Waals surface area contributed by atoms with Crippen molar-refractivity contribution in [3.63, 3.8) is 0 Å². The minimum atomic E-state index is -0.390. The van der Waals surface area contributed by atoms with E-state index in [0.29, 0.717) is 17.5 Å². The molecule has 0 saturated carbocycles. The van der Waals surface area contributed by atoms with Crippen LogP contribution in [0, 0.1) is 0 Å². The molecule has 0 N–H and O–H groups in total. The molecule has 0 amide bonds. The first-order chi connectivity index (χ1) is 54.3. The van der Waals surface area contributed by atoms with Gasteiger partial charge in [0.25, 0.3) is 0 Å². The molecule has 2 aliphatic heterocycles. The van der Waals surface area contributed by atoms with Crippen molar-refractivity contribution >= 4 is 99.8 Å². The average molecular weight is 1430 g/mol. The van der Waals surface area contributed by atoms with Gasteiger partial charge in [-0.1, -0.05) is 217 Å². The lowest BCUT2D eigenvalue weighted by molar-refractivity contribution is 0.594. The van der Waals surface area contributed by atoms with Crippen molar-refractivity contribution in [2.75, 3.05) is 9.80 Å². The maximum atomic E-state index is 5.75. The molecule has 3 aliphatic rings. The predicted octanol–water partition coefficient (Wildman–Crippen LogP) is 24.4. The van der Waals surface area contributed by atoms with Crippen molar-refractivity contribution < 1.29 is 0 Å². The number of fused-ring (bicyclic) bond motifs is 15. The summed E-state index contributed by atoms with van der Waals surface area (Å²) in [5.74, 6) is 2.81. The van der Waals surface area contributed by atoms with Crippen LogP contribution in [0.15, 0.2) is 328 Å². The van der Waals surface area contributed by atoms with Crippen molar-refractivity contribution in [1.29, 1.82) is 0 Å². The van der Waals surface area contributed by atoms with Crippen LogP contribution in [0.25, 0.3) is 117 Å². The van der Waals surface area contributed by atoms with Gasteiger partial charge in [0, 0.05) is 101 Å². The molecular weight excluding hydrogens is 1360 g/mol. The van der Waals surface area contributed by atoms with Crippen molar-refractivity contribution in [2.24, 2.45) is 0 Å². The molecule has 13 aromatic carbocycles. The zero-order chi connectivity index (χ0) is 74.2. The summed E-state index contributed by atoms with van der Waals surface area (Å²) in [6, 6.07) is 112. The maximum Gasteiger partial charge on any atom is 0.161 e. The fourth-order valence-corrected chi connectivity index (χ4v) is 19.1. The van der Waals surface area contributed by atoms with Gasteiger partial charge in [0.05, 0.1) is 67.5 Å². The Bertz CT molecular complexity index is 6280. The van der Waals surface area contributed by atoms with Gasteiger partial charge in [0.1, 0.15) is 11.6 Å². The van der Waals surface area contributed by atoms with E-state index in [1.165, 1.54) is 87.9 Å². The summed E-state index contributed by atoms with van der Waals surface area (Å²) >= 11 is 0. The Morgan fingerprint density at radius 3 is 0.973 bits per heavy atom.